The van der Waals surface area contributed by atoms with Gasteiger partial charge in [-0.3, -0.25) is 4.79 Å². The summed E-state index contributed by atoms with van der Waals surface area (Å²) in [5, 5.41) is 6.56. The van der Waals surface area contributed by atoms with Gasteiger partial charge < -0.3 is 28.8 Å². The largest absolute Gasteiger partial charge is 0.497 e. The second kappa shape index (κ2) is 10.5. The molecule has 0 bridgehead atoms. The molecular weight excluding hydrogens is 430 g/mol. The van der Waals surface area contributed by atoms with Crippen molar-refractivity contribution in [2.24, 2.45) is 5.92 Å². The van der Waals surface area contributed by atoms with Gasteiger partial charge in [0.2, 0.25) is 11.7 Å². The van der Waals surface area contributed by atoms with Gasteiger partial charge in [-0.15, -0.1) is 0 Å². The molecule has 0 unspecified atom stereocenters. The molecule has 1 amide bonds. The van der Waals surface area contributed by atoms with Crippen LogP contribution in [-0.2, 0) is 16.1 Å². The van der Waals surface area contributed by atoms with E-state index in [-0.39, 0.29) is 41.4 Å². The van der Waals surface area contributed by atoms with Gasteiger partial charge in [-0.2, -0.15) is 4.98 Å². The summed E-state index contributed by atoms with van der Waals surface area (Å²) in [6.45, 7) is 3.25. The first-order valence-corrected chi connectivity index (χ1v) is 10.1. The summed E-state index contributed by atoms with van der Waals surface area (Å²) in [7, 11) is 4.48. The first kappa shape index (κ1) is 23.6. The van der Waals surface area contributed by atoms with E-state index in [1.807, 2.05) is 0 Å². The Morgan fingerprint density at radius 2 is 1.67 bits per heavy atom. The zero-order valence-electron chi connectivity index (χ0n) is 19.0. The Morgan fingerprint density at radius 3 is 2.27 bits per heavy atom. The number of ether oxygens (including phenoxy) is 4. The minimum Gasteiger partial charge on any atom is -0.497 e. The number of nitrogens with one attached hydrogen (secondary N) is 1. The highest BCUT2D eigenvalue weighted by Gasteiger charge is 2.21. The SMILES string of the molecule is COc1ccc(-c2nc(COC(=O)c3cc(OC)c(OC)cc3NC(=O)C(C)C)no2)cc1. The van der Waals surface area contributed by atoms with E-state index >= 15 is 0 Å². The fraction of sp³-hybridized carbons (Fsp3) is 0.304. The van der Waals surface area contributed by atoms with E-state index in [4.69, 9.17) is 23.5 Å². The normalized spacial score (nSPS) is 10.6. The van der Waals surface area contributed by atoms with Gasteiger partial charge in [0.25, 0.3) is 5.89 Å². The smallest absolute Gasteiger partial charge is 0.340 e. The van der Waals surface area contributed by atoms with Gasteiger partial charge in [-0.25, -0.2) is 4.79 Å². The number of methoxy groups -OCH3 is 3. The lowest BCUT2D eigenvalue weighted by Gasteiger charge is -2.16. The molecule has 1 N–H and O–H groups in total. The zero-order valence-corrected chi connectivity index (χ0v) is 19.0. The summed E-state index contributed by atoms with van der Waals surface area (Å²) in [4.78, 5) is 29.3. The van der Waals surface area contributed by atoms with Crippen molar-refractivity contribution in [2.45, 2.75) is 20.5 Å². The maximum atomic E-state index is 12.8. The van der Waals surface area contributed by atoms with Gasteiger partial charge in [-0.1, -0.05) is 19.0 Å². The molecule has 2 aromatic carbocycles. The fourth-order valence-electron chi connectivity index (χ4n) is 2.80. The van der Waals surface area contributed by atoms with E-state index in [2.05, 4.69) is 15.5 Å². The number of nitrogens with zero attached hydrogens (tertiary/aromatic N) is 2. The van der Waals surface area contributed by atoms with Crippen LogP contribution in [0.15, 0.2) is 40.9 Å². The number of aromatic nitrogens is 2. The fourth-order valence-corrected chi connectivity index (χ4v) is 2.80. The summed E-state index contributed by atoms with van der Waals surface area (Å²) in [6, 6.07) is 10.0. The molecule has 0 saturated heterocycles. The highest BCUT2D eigenvalue weighted by Crippen LogP contribution is 2.34. The van der Waals surface area contributed by atoms with E-state index in [0.717, 1.165) is 0 Å². The Labute approximate surface area is 190 Å². The van der Waals surface area contributed by atoms with Crippen LogP contribution < -0.4 is 19.5 Å². The first-order valence-electron chi connectivity index (χ1n) is 10.1. The van der Waals surface area contributed by atoms with E-state index in [0.29, 0.717) is 22.8 Å². The highest BCUT2D eigenvalue weighted by atomic mass is 16.5. The molecule has 3 rings (SSSR count). The van der Waals surface area contributed by atoms with Crippen molar-refractivity contribution >= 4 is 17.6 Å². The van der Waals surface area contributed by atoms with E-state index in [1.165, 1.54) is 26.4 Å². The lowest BCUT2D eigenvalue weighted by molar-refractivity contribution is -0.118. The molecule has 10 heteroatoms. The van der Waals surface area contributed by atoms with Crippen LogP contribution in [0.25, 0.3) is 11.5 Å². The van der Waals surface area contributed by atoms with Crippen LogP contribution in [0.4, 0.5) is 5.69 Å². The molecule has 1 heterocycles. The van der Waals surface area contributed by atoms with Crippen LogP contribution >= 0.6 is 0 Å². The number of benzene rings is 2. The molecule has 0 aliphatic carbocycles. The average molecular weight is 455 g/mol. The molecule has 0 saturated carbocycles. The lowest BCUT2D eigenvalue weighted by atomic mass is 10.1. The molecule has 0 spiro atoms. The third-order valence-corrected chi connectivity index (χ3v) is 4.66. The van der Waals surface area contributed by atoms with Crippen molar-refractivity contribution in [3.63, 3.8) is 0 Å². The summed E-state index contributed by atoms with van der Waals surface area (Å²) in [6.07, 6.45) is 0. The Balaban J connectivity index is 1.77. The summed E-state index contributed by atoms with van der Waals surface area (Å²) in [5.41, 5.74) is 1.03. The van der Waals surface area contributed by atoms with Crippen LogP contribution in [-0.4, -0.2) is 43.3 Å². The predicted octanol–water partition coefficient (Wildman–Crippen LogP) is 3.71. The number of esters is 1. The Hall–Kier alpha value is -4.08. The molecule has 10 nitrogen and oxygen atoms in total. The maximum absolute atomic E-state index is 12.8. The molecule has 174 valence electrons. The van der Waals surface area contributed by atoms with Gasteiger partial charge in [0.05, 0.1) is 32.6 Å². The second-order valence-electron chi connectivity index (χ2n) is 7.22. The van der Waals surface area contributed by atoms with Crippen LogP contribution in [0.2, 0.25) is 0 Å². The Morgan fingerprint density at radius 1 is 1.00 bits per heavy atom. The van der Waals surface area contributed by atoms with Crippen molar-refractivity contribution in [3.8, 4) is 28.7 Å². The molecule has 0 aliphatic rings. The minimum atomic E-state index is -0.703. The number of carbonyl (C=O) groups excluding carboxylic acids is 2. The number of carbonyl (C=O) groups is 2. The standard InChI is InChI=1S/C23H25N3O7/c1-13(2)21(27)24-17-11-19(31-5)18(30-4)10-16(17)23(28)32-12-20-25-22(33-26-20)14-6-8-15(29-3)9-7-14/h6-11,13H,12H2,1-5H3,(H,24,27). The first-order chi connectivity index (χ1) is 15.9. The number of anilines is 1. The van der Waals surface area contributed by atoms with Crippen LogP contribution in [0.3, 0.4) is 0 Å². The molecule has 1 aromatic heterocycles. The zero-order chi connectivity index (χ0) is 24.0. The van der Waals surface area contributed by atoms with Crippen LogP contribution in [0.1, 0.15) is 30.0 Å². The quantitative estimate of drug-likeness (QED) is 0.481. The van der Waals surface area contributed by atoms with Crippen LogP contribution in [0.5, 0.6) is 17.2 Å². The topological polar surface area (TPSA) is 122 Å². The predicted molar refractivity (Wildman–Crippen MR) is 118 cm³/mol. The number of hydrogen-bond donors (Lipinski definition) is 1. The molecule has 3 aromatic rings. The van der Waals surface area contributed by atoms with Gasteiger partial charge in [-0.05, 0) is 24.3 Å². The van der Waals surface area contributed by atoms with Gasteiger partial charge >= 0.3 is 5.97 Å². The molecular formula is C23H25N3O7. The van der Waals surface area contributed by atoms with Gasteiger partial charge in [0, 0.05) is 23.6 Å². The Bertz CT molecular complexity index is 1120. The monoisotopic (exact) mass is 455 g/mol. The van der Waals surface area contributed by atoms with Crippen molar-refractivity contribution in [3.05, 3.63) is 47.8 Å². The summed E-state index contributed by atoms with van der Waals surface area (Å²) >= 11 is 0. The molecule has 0 fully saturated rings. The molecule has 0 radical (unpaired) electrons. The van der Waals surface area contributed by atoms with E-state index in [9.17, 15) is 9.59 Å². The van der Waals surface area contributed by atoms with Crippen molar-refractivity contribution in [1.29, 1.82) is 0 Å². The Kier molecular flexibility index (Phi) is 7.50. The van der Waals surface area contributed by atoms with Gasteiger partial charge in [0.15, 0.2) is 18.1 Å². The number of hydrogen-bond acceptors (Lipinski definition) is 9. The summed E-state index contributed by atoms with van der Waals surface area (Å²) in [5.74, 6) is 0.565. The number of rotatable bonds is 9. The molecule has 0 atom stereocenters. The molecule has 33 heavy (non-hydrogen) atoms. The maximum Gasteiger partial charge on any atom is 0.340 e. The van der Waals surface area contributed by atoms with E-state index in [1.54, 1.807) is 45.2 Å². The van der Waals surface area contributed by atoms with Crippen molar-refractivity contribution < 1.29 is 33.1 Å². The second-order valence-corrected chi connectivity index (χ2v) is 7.22. The van der Waals surface area contributed by atoms with Crippen LogP contribution in [0, 0.1) is 5.92 Å². The minimum absolute atomic E-state index is 0.0977. The van der Waals surface area contributed by atoms with Crippen molar-refractivity contribution in [1.82, 2.24) is 10.1 Å². The highest BCUT2D eigenvalue weighted by molar-refractivity contribution is 6.02. The number of amides is 1. The molecule has 0 aliphatic heterocycles. The third-order valence-electron chi connectivity index (χ3n) is 4.66. The third kappa shape index (κ3) is 5.59. The summed E-state index contributed by atoms with van der Waals surface area (Å²) < 4.78 is 26.3. The average Bonchev–Trinajstić information content (AvgIpc) is 3.31. The van der Waals surface area contributed by atoms with Gasteiger partial charge in [0.1, 0.15) is 5.75 Å². The van der Waals surface area contributed by atoms with E-state index < -0.39 is 5.97 Å². The lowest BCUT2D eigenvalue weighted by Crippen LogP contribution is -2.20. The van der Waals surface area contributed by atoms with Crippen molar-refractivity contribution in [2.75, 3.05) is 26.6 Å².